The van der Waals surface area contributed by atoms with Gasteiger partial charge < -0.3 is 69.6 Å². The Morgan fingerprint density at radius 3 is 0.656 bits per heavy atom. The van der Waals surface area contributed by atoms with Gasteiger partial charge in [-0.2, -0.15) is 0 Å². The summed E-state index contributed by atoms with van der Waals surface area (Å²) in [6.07, 6.45) is -5.43. The Morgan fingerprint density at radius 1 is 0.469 bits per heavy atom. The molecule has 0 aliphatic carbocycles. The van der Waals surface area contributed by atoms with Gasteiger partial charge in [-0.3, -0.25) is 0 Å². The molecule has 0 amide bonds. The fraction of sp³-hybridized carbons (Fsp3) is 0.500. The Bertz CT molecular complexity index is 535. The van der Waals surface area contributed by atoms with E-state index in [1.807, 2.05) is 0 Å². The zero-order valence-electron chi connectivity index (χ0n) is 14.7. The Labute approximate surface area is 318 Å². The van der Waals surface area contributed by atoms with E-state index in [1.54, 1.807) is 0 Å². The Morgan fingerprint density at radius 2 is 0.594 bits per heavy atom. The fourth-order valence-corrected chi connectivity index (χ4v) is 1.37. The molecule has 0 bridgehead atoms. The smallest absolute Gasteiger partial charge is 0.550 e. The average Bonchev–Trinajstić information content (AvgIpc) is 2.34. The van der Waals surface area contributed by atoms with Crippen LogP contribution in [0.3, 0.4) is 0 Å². The summed E-state index contributed by atoms with van der Waals surface area (Å²) >= 11 is 0. The molecule has 0 atom stereocenters. The second-order valence-corrected chi connectivity index (χ2v) is 4.83. The van der Waals surface area contributed by atoms with Crippen molar-refractivity contribution in [1.82, 2.24) is 0 Å². The van der Waals surface area contributed by atoms with Crippen molar-refractivity contribution in [3.05, 3.63) is 0 Å². The van der Waals surface area contributed by atoms with Crippen LogP contribution in [0.5, 0.6) is 0 Å². The number of aliphatic hydroxyl groups is 2. The molecule has 0 aliphatic heterocycles. The van der Waals surface area contributed by atoms with E-state index in [4.69, 9.17) is 10.2 Å². The summed E-state index contributed by atoms with van der Waals surface area (Å²) in [5.41, 5.74) is -5.95. The first-order chi connectivity index (χ1) is 11.6. The maximum Gasteiger partial charge on any atom is 2.00 e. The molecular formula is C12H16Ca3Mg3O14. The molecule has 2 N–H and O–H groups in total. The van der Waals surface area contributed by atoms with E-state index in [0.717, 1.165) is 0 Å². The van der Waals surface area contributed by atoms with Crippen LogP contribution in [0, 0.1) is 0 Å². The predicted octanol–water partition coefficient (Wildman–Crippen LogP) is -14.4. The maximum absolute atomic E-state index is 10.1. The zero-order valence-corrected chi connectivity index (χ0v) is 21.4. The minimum atomic E-state index is -2.97. The van der Waals surface area contributed by atoms with Gasteiger partial charge in [-0.15, -0.1) is 0 Å². The predicted molar refractivity (Wildman–Crippen MR) is 101 cm³/mol. The van der Waals surface area contributed by atoms with Crippen LogP contribution in [-0.4, -0.2) is 240 Å². The molecule has 14 nitrogen and oxygen atoms in total. The Hall–Kier alpha value is 2.82. The zero-order chi connectivity index (χ0) is 21.3. The van der Waals surface area contributed by atoms with Crippen molar-refractivity contribution in [3.8, 4) is 0 Å². The minimum Gasteiger partial charge on any atom is -0.550 e. The van der Waals surface area contributed by atoms with E-state index in [-0.39, 0.29) is 182 Å². The van der Waals surface area contributed by atoms with Crippen LogP contribution in [0.25, 0.3) is 0 Å². The summed E-state index contributed by atoms with van der Waals surface area (Å²) in [5.74, 6) is -12.0. The molecule has 0 saturated heterocycles. The normalized spacial score (nSPS) is 8.81. The van der Waals surface area contributed by atoms with E-state index in [0.29, 0.717) is 0 Å². The molecule has 0 aromatic heterocycles. The second-order valence-electron chi connectivity index (χ2n) is 4.83. The van der Waals surface area contributed by atoms with Crippen molar-refractivity contribution < 1.29 is 69.6 Å². The van der Waals surface area contributed by atoms with Gasteiger partial charge in [-0.1, -0.05) is 0 Å². The van der Waals surface area contributed by atoms with Crippen LogP contribution in [-0.2, 0) is 28.8 Å². The summed E-state index contributed by atoms with van der Waals surface area (Å²) in [7, 11) is 0. The summed E-state index contributed by atoms with van der Waals surface area (Å²) in [6, 6.07) is 0. The molecule has 0 fully saturated rings. The molecule has 0 saturated carbocycles. The van der Waals surface area contributed by atoms with Crippen molar-refractivity contribution in [2.45, 2.75) is 36.9 Å². The van der Waals surface area contributed by atoms with E-state index >= 15 is 0 Å². The van der Waals surface area contributed by atoms with E-state index in [1.165, 1.54) is 0 Å². The molecule has 0 unspecified atom stereocenters. The number of carboxylic acid groups (broad SMARTS) is 6. The minimum absolute atomic E-state index is 0. The third kappa shape index (κ3) is 27.4. The number of hydrogen-bond acceptors (Lipinski definition) is 14. The molecule has 0 aromatic rings. The third-order valence-electron chi connectivity index (χ3n) is 2.51. The van der Waals surface area contributed by atoms with Crippen LogP contribution in [0.2, 0.25) is 0 Å². The van der Waals surface area contributed by atoms with Gasteiger partial charge in [0.15, 0.2) is 0 Å². The Kier molecular flexibility index (Phi) is 46.5. The summed E-state index contributed by atoms with van der Waals surface area (Å²) in [4.78, 5) is 60.0. The molecule has 0 rings (SSSR count). The number of carbonyl (C=O) groups excluding carboxylic acids is 6. The van der Waals surface area contributed by atoms with Crippen molar-refractivity contribution in [1.29, 1.82) is 0 Å². The first-order valence-electron chi connectivity index (χ1n) is 6.23. The van der Waals surface area contributed by atoms with Gasteiger partial charge in [0.1, 0.15) is 11.2 Å². The number of aliphatic carboxylic acids is 6. The van der Waals surface area contributed by atoms with E-state index < -0.39 is 72.7 Å². The van der Waals surface area contributed by atoms with Gasteiger partial charge in [0.25, 0.3) is 0 Å². The molecule has 0 aliphatic rings. The quantitative estimate of drug-likeness (QED) is 0.228. The van der Waals surface area contributed by atoms with Crippen LogP contribution < -0.4 is 30.6 Å². The molecule has 0 radical (unpaired) electrons. The molecule has 32 heavy (non-hydrogen) atoms. The second kappa shape index (κ2) is 26.9. The van der Waals surface area contributed by atoms with Crippen molar-refractivity contribution in [3.63, 3.8) is 0 Å². The standard InChI is InChI=1S/2C6H8O7.3Ca.3Mg.6H/c2*7-3(8)1-6(13,5(11)12)2-4(9)10;;;;;;;;;;;;/h2*13H,1-2H2,(H,7,8)(H,9,10)(H,11,12);;;;;;;;;;;;/q;;3*+2;;;;;;;;;/p-6. The first-order valence-corrected chi connectivity index (χ1v) is 6.23. The molecule has 0 aromatic carbocycles. The topological polar surface area (TPSA) is 281 Å². The van der Waals surface area contributed by atoms with Crippen LogP contribution in [0.4, 0.5) is 0 Å². The van der Waals surface area contributed by atoms with Crippen molar-refractivity contribution in [2.75, 3.05) is 0 Å². The largest absolute Gasteiger partial charge is 2.00 e. The van der Waals surface area contributed by atoms with Crippen molar-refractivity contribution in [2.24, 2.45) is 0 Å². The SMILES string of the molecule is O=C([O-])CC(O)(CC(=O)[O-])C(=O)[O-].O=C([O-])CC(O)(CC(=O)[O-])C(=O)[O-].[Ca+2].[Ca+2].[Ca+2].[MgH2].[MgH2].[MgH2]. The van der Waals surface area contributed by atoms with Crippen LogP contribution in [0.15, 0.2) is 0 Å². The van der Waals surface area contributed by atoms with Crippen molar-refractivity contribution >= 4 is 218 Å². The number of rotatable bonds is 10. The Balaban J connectivity index is -0.0000000505. The molecule has 0 spiro atoms. The van der Waals surface area contributed by atoms with Gasteiger partial charge in [-0.25, -0.2) is 0 Å². The van der Waals surface area contributed by atoms with Gasteiger partial charge in [0.05, 0.1) is 11.9 Å². The average molecular weight is 577 g/mol. The van der Waals surface area contributed by atoms with E-state index in [9.17, 15) is 59.4 Å². The van der Waals surface area contributed by atoms with E-state index in [2.05, 4.69) is 0 Å². The summed E-state index contributed by atoms with van der Waals surface area (Å²) in [5, 5.41) is 77.9. The third-order valence-corrected chi connectivity index (χ3v) is 2.51. The number of carboxylic acids is 6. The summed E-state index contributed by atoms with van der Waals surface area (Å²) < 4.78 is 0. The first kappa shape index (κ1) is 55.4. The molecule has 0 heterocycles. The number of carbonyl (C=O) groups is 6. The van der Waals surface area contributed by atoms with Gasteiger partial charge in [-0.05, 0) is 0 Å². The monoisotopic (exact) mass is 576 g/mol. The molecule has 20 heteroatoms. The number of hydrogen-bond donors (Lipinski definition) is 2. The van der Waals surface area contributed by atoms with Crippen LogP contribution in [0.1, 0.15) is 25.7 Å². The van der Waals surface area contributed by atoms with Crippen LogP contribution >= 0.6 is 0 Å². The fourth-order valence-electron chi connectivity index (χ4n) is 1.37. The van der Waals surface area contributed by atoms with Gasteiger partial charge >= 0.3 is 182 Å². The van der Waals surface area contributed by atoms with Gasteiger partial charge in [0.2, 0.25) is 0 Å². The maximum atomic E-state index is 10.1. The summed E-state index contributed by atoms with van der Waals surface area (Å²) in [6.45, 7) is 0. The molecular weight excluding hydrogens is 561 g/mol. The van der Waals surface area contributed by atoms with Gasteiger partial charge in [0, 0.05) is 49.6 Å². The molecule has 160 valence electrons.